The van der Waals surface area contributed by atoms with Crippen LogP contribution in [0.1, 0.15) is 68.6 Å². The van der Waals surface area contributed by atoms with Gasteiger partial charge < -0.3 is 15.2 Å². The number of nitrogens with zero attached hydrogens (tertiary/aromatic N) is 2. The molecule has 0 atom stereocenters. The van der Waals surface area contributed by atoms with Crippen molar-refractivity contribution < 1.29 is 14.6 Å². The van der Waals surface area contributed by atoms with Gasteiger partial charge in [-0.25, -0.2) is 4.98 Å². The number of carbonyl (C=O) groups is 1. The molecule has 0 fully saturated rings. The third-order valence-electron chi connectivity index (χ3n) is 5.10. The minimum absolute atomic E-state index is 0.217. The highest BCUT2D eigenvalue weighted by Gasteiger charge is 2.26. The predicted molar refractivity (Wildman–Crippen MR) is 125 cm³/mol. The summed E-state index contributed by atoms with van der Waals surface area (Å²) in [5.74, 6) is 0.747. The van der Waals surface area contributed by atoms with E-state index in [-0.39, 0.29) is 22.6 Å². The molecule has 3 rings (SSSR count). The van der Waals surface area contributed by atoms with Gasteiger partial charge in [0.1, 0.15) is 17.1 Å². The highest BCUT2D eigenvalue weighted by atomic mass is 16.5. The van der Waals surface area contributed by atoms with E-state index in [9.17, 15) is 9.90 Å². The fourth-order valence-electron chi connectivity index (χ4n) is 3.38. The number of aromatic hydroxyl groups is 1. The Labute approximate surface area is 189 Å². The van der Waals surface area contributed by atoms with Gasteiger partial charge in [0, 0.05) is 18.9 Å². The number of rotatable bonds is 5. The number of ether oxygens (including phenoxy) is 1. The van der Waals surface area contributed by atoms with Crippen LogP contribution in [0.5, 0.6) is 17.4 Å². The first-order valence-electron chi connectivity index (χ1n) is 10.6. The highest BCUT2D eigenvalue weighted by molar-refractivity contribution is 5.96. The van der Waals surface area contributed by atoms with Gasteiger partial charge in [-0.15, -0.1) is 0 Å². The number of hydrogen-bond acceptors (Lipinski definition) is 5. The fourth-order valence-corrected chi connectivity index (χ4v) is 3.38. The first kappa shape index (κ1) is 23.3. The summed E-state index contributed by atoms with van der Waals surface area (Å²) >= 11 is 0. The standard InChI is InChI=1S/C26H31N3O3/c1-25(2,3)20-13-17(14-21(22(20)30)26(4,5)6)15-29-23(31)19-10-8-12-28-24(19)32-18-9-7-11-27-16-18/h7-14,16,30H,15H2,1-6H3,(H,29,31). The van der Waals surface area contributed by atoms with E-state index < -0.39 is 0 Å². The summed E-state index contributed by atoms with van der Waals surface area (Å²) in [6.45, 7) is 12.7. The summed E-state index contributed by atoms with van der Waals surface area (Å²) in [5, 5.41) is 13.9. The molecular formula is C26H31N3O3. The Morgan fingerprint density at radius 3 is 2.19 bits per heavy atom. The summed E-state index contributed by atoms with van der Waals surface area (Å²) in [6.07, 6.45) is 4.79. The number of nitrogens with one attached hydrogen (secondary N) is 1. The smallest absolute Gasteiger partial charge is 0.257 e. The van der Waals surface area contributed by atoms with Crippen LogP contribution >= 0.6 is 0 Å². The van der Waals surface area contributed by atoms with Crippen LogP contribution in [0.25, 0.3) is 0 Å². The van der Waals surface area contributed by atoms with Gasteiger partial charge in [-0.2, -0.15) is 0 Å². The second-order valence-electron chi connectivity index (χ2n) is 9.87. The molecule has 0 aliphatic heterocycles. The number of carbonyl (C=O) groups excluding carboxylic acids is 1. The molecule has 2 N–H and O–H groups in total. The zero-order valence-corrected chi connectivity index (χ0v) is 19.6. The van der Waals surface area contributed by atoms with Gasteiger partial charge in [0.05, 0.1) is 6.20 Å². The Morgan fingerprint density at radius 2 is 1.62 bits per heavy atom. The maximum atomic E-state index is 13.0. The zero-order valence-electron chi connectivity index (χ0n) is 19.6. The average molecular weight is 434 g/mol. The van der Waals surface area contributed by atoms with Crippen molar-refractivity contribution in [1.82, 2.24) is 15.3 Å². The molecule has 0 aliphatic rings. The predicted octanol–water partition coefficient (Wildman–Crippen LogP) is 5.50. The minimum Gasteiger partial charge on any atom is -0.507 e. The topological polar surface area (TPSA) is 84.3 Å². The van der Waals surface area contributed by atoms with Gasteiger partial charge in [-0.1, -0.05) is 41.5 Å². The van der Waals surface area contributed by atoms with E-state index in [2.05, 4.69) is 56.8 Å². The van der Waals surface area contributed by atoms with Crippen LogP contribution in [0.2, 0.25) is 0 Å². The summed E-state index contributed by atoms with van der Waals surface area (Å²) in [5.41, 5.74) is 2.50. The van der Waals surface area contributed by atoms with Gasteiger partial charge in [-0.3, -0.25) is 9.78 Å². The lowest BCUT2D eigenvalue weighted by atomic mass is 9.78. The molecule has 32 heavy (non-hydrogen) atoms. The number of hydrogen-bond donors (Lipinski definition) is 2. The third-order valence-corrected chi connectivity index (χ3v) is 5.10. The largest absolute Gasteiger partial charge is 0.507 e. The van der Waals surface area contributed by atoms with Crippen molar-refractivity contribution in [2.24, 2.45) is 0 Å². The van der Waals surface area contributed by atoms with Crippen molar-refractivity contribution in [3.05, 3.63) is 77.2 Å². The van der Waals surface area contributed by atoms with Crippen LogP contribution in [0.15, 0.2) is 55.0 Å². The Balaban J connectivity index is 1.85. The molecule has 0 unspecified atom stereocenters. The number of phenols is 1. The summed E-state index contributed by atoms with van der Waals surface area (Å²) in [6, 6.07) is 10.8. The molecule has 0 spiro atoms. The summed E-state index contributed by atoms with van der Waals surface area (Å²) in [4.78, 5) is 21.2. The zero-order chi connectivity index (χ0) is 23.5. The quantitative estimate of drug-likeness (QED) is 0.555. The van der Waals surface area contributed by atoms with Crippen molar-refractivity contribution >= 4 is 5.91 Å². The molecule has 0 saturated carbocycles. The first-order chi connectivity index (χ1) is 15.0. The first-order valence-corrected chi connectivity index (χ1v) is 10.6. The van der Waals surface area contributed by atoms with E-state index in [1.807, 2.05) is 12.1 Å². The Kier molecular flexibility index (Phi) is 6.53. The number of phenolic OH excluding ortho intramolecular Hbond substituents is 1. The minimum atomic E-state index is -0.292. The maximum Gasteiger partial charge on any atom is 0.257 e. The van der Waals surface area contributed by atoms with Gasteiger partial charge in [-0.05, 0) is 63.9 Å². The molecule has 3 aromatic rings. The molecule has 0 saturated heterocycles. The van der Waals surface area contributed by atoms with Gasteiger partial charge in [0.15, 0.2) is 0 Å². The maximum absolute atomic E-state index is 13.0. The van der Waals surface area contributed by atoms with Gasteiger partial charge >= 0.3 is 0 Å². The van der Waals surface area contributed by atoms with E-state index in [1.54, 1.807) is 42.9 Å². The van der Waals surface area contributed by atoms with E-state index in [1.165, 1.54) is 0 Å². The summed E-state index contributed by atoms with van der Waals surface area (Å²) in [7, 11) is 0. The van der Waals surface area contributed by atoms with Crippen LogP contribution < -0.4 is 10.1 Å². The van der Waals surface area contributed by atoms with Crippen LogP contribution in [0.3, 0.4) is 0 Å². The van der Waals surface area contributed by atoms with Gasteiger partial charge in [0.25, 0.3) is 5.91 Å². The van der Waals surface area contributed by atoms with E-state index in [0.29, 0.717) is 23.6 Å². The monoisotopic (exact) mass is 433 g/mol. The molecule has 2 aromatic heterocycles. The lowest BCUT2D eigenvalue weighted by molar-refractivity contribution is 0.0948. The molecule has 6 nitrogen and oxygen atoms in total. The highest BCUT2D eigenvalue weighted by Crippen LogP contribution is 2.39. The van der Waals surface area contributed by atoms with Crippen LogP contribution in [-0.2, 0) is 17.4 Å². The molecule has 0 bridgehead atoms. The summed E-state index contributed by atoms with van der Waals surface area (Å²) < 4.78 is 5.76. The van der Waals surface area contributed by atoms with Crippen LogP contribution in [0.4, 0.5) is 0 Å². The second-order valence-corrected chi connectivity index (χ2v) is 9.87. The number of amides is 1. The van der Waals surface area contributed by atoms with Gasteiger partial charge in [0.2, 0.25) is 5.88 Å². The number of pyridine rings is 2. The van der Waals surface area contributed by atoms with Crippen LogP contribution in [-0.4, -0.2) is 21.0 Å². The SMILES string of the molecule is CC(C)(C)c1cc(CNC(=O)c2cccnc2Oc2cccnc2)cc(C(C)(C)C)c1O. The normalized spacial score (nSPS) is 11.8. The van der Waals surface area contributed by atoms with E-state index in [4.69, 9.17) is 4.74 Å². The Morgan fingerprint density at radius 1 is 1.00 bits per heavy atom. The van der Waals surface area contributed by atoms with Crippen molar-refractivity contribution in [2.75, 3.05) is 0 Å². The molecule has 1 aromatic carbocycles. The van der Waals surface area contributed by atoms with Crippen molar-refractivity contribution in [3.63, 3.8) is 0 Å². The molecular weight excluding hydrogens is 402 g/mol. The number of benzene rings is 1. The third kappa shape index (κ3) is 5.44. The average Bonchev–Trinajstić information content (AvgIpc) is 2.72. The lowest BCUT2D eigenvalue weighted by Gasteiger charge is -2.28. The Hall–Kier alpha value is -3.41. The number of aromatic nitrogens is 2. The van der Waals surface area contributed by atoms with Crippen molar-refractivity contribution in [3.8, 4) is 17.4 Å². The molecule has 168 valence electrons. The molecule has 6 heteroatoms. The van der Waals surface area contributed by atoms with E-state index in [0.717, 1.165) is 16.7 Å². The van der Waals surface area contributed by atoms with Crippen molar-refractivity contribution in [2.45, 2.75) is 58.9 Å². The fraction of sp³-hybridized carbons (Fsp3) is 0.346. The van der Waals surface area contributed by atoms with Crippen LogP contribution in [0, 0.1) is 0 Å². The van der Waals surface area contributed by atoms with Crippen molar-refractivity contribution in [1.29, 1.82) is 0 Å². The lowest BCUT2D eigenvalue weighted by Crippen LogP contribution is -2.25. The molecule has 0 aliphatic carbocycles. The second kappa shape index (κ2) is 8.99. The molecule has 2 heterocycles. The van der Waals surface area contributed by atoms with E-state index >= 15 is 0 Å². The molecule has 1 amide bonds. The Bertz CT molecular complexity index is 1060. The molecule has 0 radical (unpaired) electrons.